The molecule has 0 aromatic heterocycles. The zero-order chi connectivity index (χ0) is 27.9. The number of fused-ring (bicyclic) bond motifs is 1. The molecule has 3 aromatic rings. The summed E-state index contributed by atoms with van der Waals surface area (Å²) in [4.78, 5) is 16.8. The molecule has 6 rings (SSSR count). The van der Waals surface area contributed by atoms with Crippen LogP contribution < -0.4 is 18.9 Å². The van der Waals surface area contributed by atoms with Gasteiger partial charge >= 0.3 is 6.09 Å². The number of carbonyl (C=O) groups is 1. The molecule has 0 radical (unpaired) electrons. The average Bonchev–Trinajstić information content (AvgIpc) is 3.38. The normalized spacial score (nSPS) is 21.0. The van der Waals surface area contributed by atoms with E-state index in [9.17, 15) is 4.79 Å². The monoisotopic (exact) mass is 558 g/mol. The van der Waals surface area contributed by atoms with E-state index < -0.39 is 0 Å². The topological polar surface area (TPSA) is 69.7 Å². The van der Waals surface area contributed by atoms with Gasteiger partial charge in [0.2, 0.25) is 0 Å². The number of piperidine rings is 1. The number of rotatable bonds is 11. The Hall–Kier alpha value is -3.91. The molecule has 3 aliphatic heterocycles. The minimum atomic E-state index is -0.245. The quantitative estimate of drug-likeness (QED) is 0.312. The van der Waals surface area contributed by atoms with Gasteiger partial charge in [-0.15, -0.1) is 0 Å². The van der Waals surface area contributed by atoms with Gasteiger partial charge < -0.3 is 23.7 Å². The number of para-hydroxylation sites is 2. The first kappa shape index (κ1) is 27.3. The van der Waals surface area contributed by atoms with Crippen LogP contribution in [-0.4, -0.2) is 74.0 Å². The molecule has 2 unspecified atom stereocenters. The van der Waals surface area contributed by atoms with Crippen LogP contribution in [0.4, 0.5) is 4.79 Å². The summed E-state index contributed by atoms with van der Waals surface area (Å²) in [5.41, 5.74) is 1.11. The minimum absolute atomic E-state index is 0.0534. The first-order valence-corrected chi connectivity index (χ1v) is 14.6. The van der Waals surface area contributed by atoms with Crippen molar-refractivity contribution in [1.82, 2.24) is 9.80 Å². The summed E-state index contributed by atoms with van der Waals surface area (Å²) in [5, 5.41) is 0. The molecule has 3 aromatic carbocycles. The van der Waals surface area contributed by atoms with E-state index in [-0.39, 0.29) is 18.2 Å². The van der Waals surface area contributed by atoms with Gasteiger partial charge in [-0.1, -0.05) is 48.5 Å². The zero-order valence-electron chi connectivity index (χ0n) is 23.4. The van der Waals surface area contributed by atoms with Gasteiger partial charge in [-0.2, -0.15) is 0 Å². The van der Waals surface area contributed by atoms with E-state index in [1.54, 1.807) is 0 Å². The molecule has 3 aliphatic rings. The van der Waals surface area contributed by atoms with Crippen LogP contribution in [0.15, 0.2) is 78.9 Å². The second kappa shape index (κ2) is 13.2. The lowest BCUT2D eigenvalue weighted by Crippen LogP contribution is -2.44. The lowest BCUT2D eigenvalue weighted by molar-refractivity contribution is 0.0464. The first-order chi connectivity index (χ1) is 20.2. The van der Waals surface area contributed by atoms with Gasteiger partial charge in [0.05, 0.1) is 0 Å². The molecule has 0 bridgehead atoms. The number of benzene rings is 3. The fourth-order valence-electron chi connectivity index (χ4n) is 5.71. The van der Waals surface area contributed by atoms with Gasteiger partial charge in [-0.3, -0.25) is 9.80 Å². The van der Waals surface area contributed by atoms with Crippen LogP contribution in [0.5, 0.6) is 23.0 Å². The summed E-state index contributed by atoms with van der Waals surface area (Å²) in [5.74, 6) is 3.72. The Bertz CT molecular complexity index is 1280. The van der Waals surface area contributed by atoms with Crippen LogP contribution in [0.2, 0.25) is 0 Å². The van der Waals surface area contributed by atoms with Gasteiger partial charge in [-0.25, -0.2) is 4.79 Å². The molecule has 0 N–H and O–H groups in total. The highest BCUT2D eigenvalue weighted by Gasteiger charge is 2.34. The van der Waals surface area contributed by atoms with Crippen LogP contribution in [-0.2, 0) is 11.3 Å². The molecular weight excluding hydrogens is 520 g/mol. The van der Waals surface area contributed by atoms with Crippen molar-refractivity contribution in [3.8, 4) is 23.0 Å². The number of carbonyl (C=O) groups excluding carboxylic acids is 1. The van der Waals surface area contributed by atoms with E-state index in [1.165, 1.54) is 0 Å². The maximum absolute atomic E-state index is 12.5. The Balaban J connectivity index is 0.922. The molecule has 2 fully saturated rings. The Morgan fingerprint density at radius 3 is 2.39 bits per heavy atom. The van der Waals surface area contributed by atoms with Crippen molar-refractivity contribution < 1.29 is 28.5 Å². The highest BCUT2D eigenvalue weighted by atomic mass is 16.6. The van der Waals surface area contributed by atoms with Gasteiger partial charge in [0.15, 0.2) is 11.5 Å². The predicted octanol–water partition coefficient (Wildman–Crippen LogP) is 5.41. The van der Waals surface area contributed by atoms with Crippen molar-refractivity contribution in [1.29, 1.82) is 0 Å². The van der Waals surface area contributed by atoms with Crippen molar-refractivity contribution in [3.63, 3.8) is 0 Å². The Labute approximate surface area is 241 Å². The van der Waals surface area contributed by atoms with E-state index in [0.29, 0.717) is 38.9 Å². The Morgan fingerprint density at radius 2 is 1.56 bits per heavy atom. The molecule has 2 atom stereocenters. The molecule has 2 saturated heterocycles. The highest BCUT2D eigenvalue weighted by Crippen LogP contribution is 2.32. The molecule has 0 spiro atoms. The third kappa shape index (κ3) is 7.24. The maximum atomic E-state index is 12.5. The number of ether oxygens (including phenoxy) is 5. The molecule has 1 amide bonds. The average molecular weight is 559 g/mol. The summed E-state index contributed by atoms with van der Waals surface area (Å²) in [6, 6.07) is 25.5. The number of cyclic esters (lactones) is 1. The fraction of sp³-hybridized carbons (Fsp3) is 0.424. The second-order valence-electron chi connectivity index (χ2n) is 11.0. The van der Waals surface area contributed by atoms with E-state index in [4.69, 9.17) is 23.7 Å². The van der Waals surface area contributed by atoms with Crippen LogP contribution in [0.3, 0.4) is 0 Å². The lowest BCUT2D eigenvalue weighted by atomic mass is 9.93. The molecule has 216 valence electrons. The van der Waals surface area contributed by atoms with Crippen LogP contribution in [0.1, 0.15) is 24.8 Å². The molecule has 3 heterocycles. The van der Waals surface area contributed by atoms with Gasteiger partial charge in [0.25, 0.3) is 0 Å². The highest BCUT2D eigenvalue weighted by molar-refractivity contribution is 5.70. The zero-order valence-corrected chi connectivity index (χ0v) is 23.4. The van der Waals surface area contributed by atoms with Crippen molar-refractivity contribution in [2.75, 3.05) is 46.0 Å². The molecule has 0 aliphatic carbocycles. The number of likely N-dealkylation sites (tertiary alicyclic amines) is 1. The number of nitrogens with zero attached hydrogens (tertiary/aromatic N) is 2. The summed E-state index contributed by atoms with van der Waals surface area (Å²) < 4.78 is 29.4. The summed E-state index contributed by atoms with van der Waals surface area (Å²) in [7, 11) is 0. The van der Waals surface area contributed by atoms with Gasteiger partial charge in [-0.05, 0) is 68.1 Å². The minimum Gasteiger partial charge on any atom is -0.491 e. The SMILES string of the molecule is O=C1OCC(COc2cccc(OCc3ccccc3)c2)N1CCC1CCN(CC2COc3ccccc3O2)CC1. The van der Waals surface area contributed by atoms with Gasteiger partial charge in [0.1, 0.15) is 50.1 Å². The van der Waals surface area contributed by atoms with E-state index in [2.05, 4.69) is 4.90 Å². The lowest BCUT2D eigenvalue weighted by Gasteiger charge is -2.36. The smallest absolute Gasteiger partial charge is 0.410 e. The molecule has 8 heteroatoms. The third-order valence-electron chi connectivity index (χ3n) is 8.09. The molecule has 0 saturated carbocycles. The Morgan fingerprint density at radius 1 is 0.805 bits per heavy atom. The molecule has 41 heavy (non-hydrogen) atoms. The van der Waals surface area contributed by atoms with Crippen molar-refractivity contribution in [3.05, 3.63) is 84.4 Å². The van der Waals surface area contributed by atoms with Gasteiger partial charge in [0, 0.05) is 19.2 Å². The van der Waals surface area contributed by atoms with Crippen LogP contribution >= 0.6 is 0 Å². The summed E-state index contributed by atoms with van der Waals surface area (Å²) >= 11 is 0. The Kier molecular flexibility index (Phi) is 8.76. The van der Waals surface area contributed by atoms with Crippen LogP contribution in [0, 0.1) is 5.92 Å². The number of hydrogen-bond donors (Lipinski definition) is 0. The first-order valence-electron chi connectivity index (χ1n) is 14.6. The number of amides is 1. The largest absolute Gasteiger partial charge is 0.491 e. The second-order valence-corrected chi connectivity index (χ2v) is 11.0. The predicted molar refractivity (Wildman–Crippen MR) is 155 cm³/mol. The molecular formula is C33H38N2O6. The maximum Gasteiger partial charge on any atom is 0.410 e. The van der Waals surface area contributed by atoms with Crippen molar-refractivity contribution in [2.45, 2.75) is 38.0 Å². The number of hydrogen-bond acceptors (Lipinski definition) is 7. The molecule has 8 nitrogen and oxygen atoms in total. The summed E-state index contributed by atoms with van der Waals surface area (Å²) in [6.07, 6.45) is 3.01. The van der Waals surface area contributed by atoms with E-state index in [1.807, 2.05) is 83.8 Å². The van der Waals surface area contributed by atoms with Crippen molar-refractivity contribution >= 4 is 6.09 Å². The fourth-order valence-corrected chi connectivity index (χ4v) is 5.71. The third-order valence-corrected chi connectivity index (χ3v) is 8.09. The summed E-state index contributed by atoms with van der Waals surface area (Å²) in [6.45, 7) is 5.46. The van der Waals surface area contributed by atoms with Crippen molar-refractivity contribution in [2.24, 2.45) is 5.92 Å². The van der Waals surface area contributed by atoms with E-state index in [0.717, 1.165) is 67.5 Å². The van der Waals surface area contributed by atoms with Crippen LogP contribution in [0.25, 0.3) is 0 Å². The van der Waals surface area contributed by atoms with E-state index >= 15 is 0 Å². The standard InChI is InChI=1S/C33H38N2O6/c36-33-35(18-15-25-13-16-34(17-14-25)20-30-24-39-31-11-4-5-12-32(31)41-30)27(23-40-33)22-38-29-10-6-9-28(19-29)37-21-26-7-2-1-3-8-26/h1-12,19,25,27,30H,13-18,20-24H2.